The SMILES string of the molecule is CC[C@H](C)N([C@@H]1CCS(=O)(=O)C1)S(=O)(=O)c1cc(Br)ccc1Br. The highest BCUT2D eigenvalue weighted by atomic mass is 79.9. The topological polar surface area (TPSA) is 71.5 Å². The molecule has 0 radical (unpaired) electrons. The van der Waals surface area contributed by atoms with Crippen LogP contribution in [0, 0.1) is 0 Å². The van der Waals surface area contributed by atoms with Crippen LogP contribution in [0.2, 0.25) is 0 Å². The molecule has 2 atom stereocenters. The van der Waals surface area contributed by atoms with Gasteiger partial charge in [0.25, 0.3) is 0 Å². The van der Waals surface area contributed by atoms with Gasteiger partial charge in [-0.05, 0) is 53.9 Å². The summed E-state index contributed by atoms with van der Waals surface area (Å²) in [5.74, 6) is -0.0675. The van der Waals surface area contributed by atoms with Gasteiger partial charge in [0, 0.05) is 21.0 Å². The molecule has 0 saturated carbocycles. The average molecular weight is 489 g/mol. The lowest BCUT2D eigenvalue weighted by Crippen LogP contribution is -2.46. The van der Waals surface area contributed by atoms with Gasteiger partial charge in [-0.1, -0.05) is 22.9 Å². The van der Waals surface area contributed by atoms with Gasteiger partial charge in [-0.2, -0.15) is 4.31 Å². The van der Waals surface area contributed by atoms with Crippen LogP contribution in [-0.2, 0) is 19.9 Å². The molecular weight excluding hydrogens is 470 g/mol. The number of benzene rings is 1. The Morgan fingerprint density at radius 2 is 2.00 bits per heavy atom. The third-order valence-corrected chi connectivity index (χ3v) is 9.35. The Balaban J connectivity index is 2.52. The summed E-state index contributed by atoms with van der Waals surface area (Å²) in [5, 5.41) is 0. The first-order valence-electron chi connectivity index (χ1n) is 7.27. The van der Waals surface area contributed by atoms with Crippen LogP contribution >= 0.6 is 31.9 Å². The highest BCUT2D eigenvalue weighted by Crippen LogP contribution is 2.33. The Hall–Kier alpha value is 0.0400. The molecule has 130 valence electrons. The van der Waals surface area contributed by atoms with Crippen LogP contribution in [-0.4, -0.2) is 44.7 Å². The van der Waals surface area contributed by atoms with Crippen molar-refractivity contribution in [2.45, 2.75) is 43.7 Å². The minimum Gasteiger partial charge on any atom is -0.229 e. The highest BCUT2D eigenvalue weighted by molar-refractivity contribution is 9.11. The molecule has 0 aromatic heterocycles. The Morgan fingerprint density at radius 1 is 1.35 bits per heavy atom. The van der Waals surface area contributed by atoms with E-state index in [2.05, 4.69) is 31.9 Å². The van der Waals surface area contributed by atoms with Crippen molar-refractivity contribution in [2.24, 2.45) is 0 Å². The number of hydrogen-bond acceptors (Lipinski definition) is 4. The molecular formula is C14H19Br2NO4S2. The van der Waals surface area contributed by atoms with Gasteiger partial charge in [0.05, 0.1) is 16.4 Å². The average Bonchev–Trinajstić information content (AvgIpc) is 2.80. The van der Waals surface area contributed by atoms with Crippen molar-refractivity contribution in [2.75, 3.05) is 11.5 Å². The summed E-state index contributed by atoms with van der Waals surface area (Å²) in [6.45, 7) is 3.71. The number of sulfone groups is 1. The van der Waals surface area contributed by atoms with Gasteiger partial charge in [0.1, 0.15) is 0 Å². The fourth-order valence-corrected chi connectivity index (χ4v) is 7.93. The van der Waals surface area contributed by atoms with E-state index in [4.69, 9.17) is 0 Å². The van der Waals surface area contributed by atoms with Gasteiger partial charge < -0.3 is 0 Å². The minimum atomic E-state index is -3.81. The summed E-state index contributed by atoms with van der Waals surface area (Å²) >= 11 is 6.59. The minimum absolute atomic E-state index is 0.0414. The monoisotopic (exact) mass is 487 g/mol. The first-order valence-corrected chi connectivity index (χ1v) is 12.1. The second-order valence-electron chi connectivity index (χ2n) is 5.72. The van der Waals surface area contributed by atoms with Crippen LogP contribution in [0.3, 0.4) is 0 Å². The molecule has 1 saturated heterocycles. The number of rotatable bonds is 5. The summed E-state index contributed by atoms with van der Waals surface area (Å²) in [6.07, 6.45) is 0.957. The van der Waals surface area contributed by atoms with Crippen molar-refractivity contribution >= 4 is 51.7 Å². The van der Waals surface area contributed by atoms with Gasteiger partial charge in [0.15, 0.2) is 9.84 Å². The van der Waals surface area contributed by atoms with Crippen molar-refractivity contribution in [1.82, 2.24) is 4.31 Å². The smallest absolute Gasteiger partial charge is 0.229 e. The van der Waals surface area contributed by atoms with E-state index in [0.717, 1.165) is 0 Å². The maximum absolute atomic E-state index is 13.2. The van der Waals surface area contributed by atoms with E-state index in [1.165, 1.54) is 10.4 Å². The molecule has 1 aromatic carbocycles. The summed E-state index contributed by atoms with van der Waals surface area (Å²) in [4.78, 5) is 0.150. The molecule has 1 aromatic rings. The predicted octanol–water partition coefficient (Wildman–Crippen LogP) is 3.19. The highest BCUT2D eigenvalue weighted by Gasteiger charge is 2.41. The lowest BCUT2D eigenvalue weighted by atomic mass is 10.2. The lowest BCUT2D eigenvalue weighted by molar-refractivity contribution is 0.271. The van der Waals surface area contributed by atoms with Crippen molar-refractivity contribution in [3.8, 4) is 0 Å². The number of nitrogens with zero attached hydrogens (tertiary/aromatic N) is 1. The summed E-state index contributed by atoms with van der Waals surface area (Å²) < 4.78 is 52.5. The Bertz CT molecular complexity index is 793. The molecule has 0 unspecified atom stereocenters. The van der Waals surface area contributed by atoms with Crippen LogP contribution in [0.25, 0.3) is 0 Å². The van der Waals surface area contributed by atoms with Crippen molar-refractivity contribution in [3.05, 3.63) is 27.1 Å². The van der Waals surface area contributed by atoms with E-state index in [-0.39, 0.29) is 22.4 Å². The summed E-state index contributed by atoms with van der Waals surface area (Å²) in [6, 6.07) is 4.17. The number of halogens is 2. The molecule has 0 aliphatic carbocycles. The molecule has 0 amide bonds. The largest absolute Gasteiger partial charge is 0.244 e. The maximum Gasteiger partial charge on any atom is 0.244 e. The van der Waals surface area contributed by atoms with Gasteiger partial charge in [-0.15, -0.1) is 0 Å². The van der Waals surface area contributed by atoms with Crippen LogP contribution in [0.1, 0.15) is 26.7 Å². The van der Waals surface area contributed by atoms with Crippen LogP contribution in [0.5, 0.6) is 0 Å². The van der Waals surface area contributed by atoms with Crippen LogP contribution in [0.4, 0.5) is 0 Å². The molecule has 0 N–H and O–H groups in total. The molecule has 2 rings (SSSR count). The zero-order chi connectivity index (χ0) is 17.4. The van der Waals surface area contributed by atoms with Crippen molar-refractivity contribution < 1.29 is 16.8 Å². The lowest BCUT2D eigenvalue weighted by Gasteiger charge is -2.32. The van der Waals surface area contributed by atoms with E-state index >= 15 is 0 Å². The fourth-order valence-electron chi connectivity index (χ4n) is 2.74. The summed E-state index contributed by atoms with van der Waals surface area (Å²) in [5.41, 5.74) is 0. The second kappa shape index (κ2) is 7.11. The zero-order valence-electron chi connectivity index (χ0n) is 12.9. The predicted molar refractivity (Wildman–Crippen MR) is 97.7 cm³/mol. The number of sulfonamides is 1. The van der Waals surface area contributed by atoms with Gasteiger partial charge >= 0.3 is 0 Å². The van der Waals surface area contributed by atoms with Crippen LogP contribution in [0.15, 0.2) is 32.0 Å². The molecule has 5 nitrogen and oxygen atoms in total. The van der Waals surface area contributed by atoms with E-state index in [1.54, 1.807) is 12.1 Å². The molecule has 0 spiro atoms. The quantitative estimate of drug-likeness (QED) is 0.638. The van der Waals surface area contributed by atoms with E-state index in [0.29, 0.717) is 21.8 Å². The molecule has 9 heteroatoms. The fraction of sp³-hybridized carbons (Fsp3) is 0.571. The maximum atomic E-state index is 13.2. The van der Waals surface area contributed by atoms with E-state index in [1.807, 2.05) is 13.8 Å². The molecule has 23 heavy (non-hydrogen) atoms. The molecule has 1 aliphatic heterocycles. The zero-order valence-corrected chi connectivity index (χ0v) is 17.7. The molecule has 1 aliphatic rings. The Labute approximate surface area is 154 Å². The van der Waals surface area contributed by atoms with Crippen molar-refractivity contribution in [1.29, 1.82) is 0 Å². The van der Waals surface area contributed by atoms with Crippen molar-refractivity contribution in [3.63, 3.8) is 0 Å². The third kappa shape index (κ3) is 4.18. The Morgan fingerprint density at radius 3 is 2.52 bits per heavy atom. The first-order chi connectivity index (χ1) is 10.6. The third-order valence-electron chi connectivity index (χ3n) is 4.04. The normalized spacial score (nSPS) is 22.4. The standard InChI is InChI=1S/C14H19Br2NO4S2/c1-3-10(2)17(12-6-7-22(18,19)9-12)23(20,21)14-8-11(15)4-5-13(14)16/h4-5,8,10,12H,3,6-7,9H2,1-2H3/t10-,12+/m0/s1. The number of hydrogen-bond donors (Lipinski definition) is 0. The molecule has 1 fully saturated rings. The van der Waals surface area contributed by atoms with E-state index < -0.39 is 25.9 Å². The molecule has 1 heterocycles. The van der Waals surface area contributed by atoms with Crippen LogP contribution < -0.4 is 0 Å². The first kappa shape index (κ1) is 19.4. The Kier molecular flexibility index (Phi) is 5.99. The summed E-state index contributed by atoms with van der Waals surface area (Å²) in [7, 11) is -6.98. The van der Waals surface area contributed by atoms with Gasteiger partial charge in [-0.3, -0.25) is 0 Å². The van der Waals surface area contributed by atoms with E-state index in [9.17, 15) is 16.8 Å². The van der Waals surface area contributed by atoms with Gasteiger partial charge in [0.2, 0.25) is 10.0 Å². The van der Waals surface area contributed by atoms with Gasteiger partial charge in [-0.25, -0.2) is 16.8 Å². The molecule has 0 bridgehead atoms. The second-order valence-corrected chi connectivity index (χ2v) is 11.5.